The highest BCUT2D eigenvalue weighted by Gasteiger charge is 2.26. The Morgan fingerprint density at radius 2 is 2.03 bits per heavy atom. The number of carbonyl (C=O) groups excluding carboxylic acids is 1. The summed E-state index contributed by atoms with van der Waals surface area (Å²) in [6, 6.07) is 12.8. The Balaban J connectivity index is 1.35. The first-order chi connectivity index (χ1) is 15.0. The van der Waals surface area contributed by atoms with E-state index in [0.29, 0.717) is 24.6 Å². The number of thiazole rings is 1. The van der Waals surface area contributed by atoms with E-state index in [-0.39, 0.29) is 17.5 Å². The topological polar surface area (TPSA) is 89.4 Å². The minimum Gasteiger partial charge on any atom is -0.492 e. The lowest BCUT2D eigenvalue weighted by Crippen LogP contribution is -2.37. The fourth-order valence-electron chi connectivity index (χ4n) is 3.61. The van der Waals surface area contributed by atoms with Gasteiger partial charge in [-0.15, -0.1) is 11.3 Å². The first kappa shape index (κ1) is 21.0. The first-order valence-corrected chi connectivity index (χ1v) is 11.1. The van der Waals surface area contributed by atoms with E-state index >= 15 is 0 Å². The van der Waals surface area contributed by atoms with Gasteiger partial charge in [0.05, 0.1) is 17.2 Å². The van der Waals surface area contributed by atoms with E-state index in [4.69, 9.17) is 4.74 Å². The van der Waals surface area contributed by atoms with Gasteiger partial charge in [-0.25, -0.2) is 9.67 Å². The molecule has 1 atom stereocenters. The van der Waals surface area contributed by atoms with Crippen LogP contribution < -0.4 is 20.5 Å². The van der Waals surface area contributed by atoms with Crippen LogP contribution in [0.15, 0.2) is 47.3 Å². The first-order valence-electron chi connectivity index (χ1n) is 10.3. The Morgan fingerprint density at radius 3 is 2.77 bits per heavy atom. The molecule has 1 aromatic carbocycles. The second-order valence-electron chi connectivity index (χ2n) is 7.47. The summed E-state index contributed by atoms with van der Waals surface area (Å²) in [6.45, 7) is 5.88. The van der Waals surface area contributed by atoms with E-state index in [1.54, 1.807) is 6.07 Å². The van der Waals surface area contributed by atoms with Gasteiger partial charge >= 0.3 is 0 Å². The molecule has 1 saturated heterocycles. The van der Waals surface area contributed by atoms with Gasteiger partial charge in [-0.1, -0.05) is 18.2 Å². The number of hydrogen-bond donors (Lipinski definition) is 1. The molecule has 0 radical (unpaired) electrons. The number of carbonyl (C=O) groups is 1. The minimum atomic E-state index is -0.166. The molecule has 2 aromatic heterocycles. The number of nitrogens with one attached hydrogen (secondary N) is 1. The van der Waals surface area contributed by atoms with Crippen molar-refractivity contribution in [3.8, 4) is 5.75 Å². The van der Waals surface area contributed by atoms with Gasteiger partial charge in [-0.2, -0.15) is 5.10 Å². The maximum absolute atomic E-state index is 12.6. The zero-order chi connectivity index (χ0) is 21.8. The fraction of sp³-hybridized carbons (Fsp3) is 0.364. The molecule has 0 spiro atoms. The van der Waals surface area contributed by atoms with E-state index < -0.39 is 0 Å². The number of aromatic nitrogens is 3. The quantitative estimate of drug-likeness (QED) is 0.608. The largest absolute Gasteiger partial charge is 0.492 e. The van der Waals surface area contributed by atoms with Gasteiger partial charge in [0.2, 0.25) is 0 Å². The molecule has 1 N–H and O–H groups in total. The Kier molecular flexibility index (Phi) is 6.31. The lowest BCUT2D eigenvalue weighted by Gasteiger charge is -2.19. The van der Waals surface area contributed by atoms with Crippen molar-refractivity contribution < 1.29 is 9.53 Å². The standard InChI is InChI=1S/C22H25N5O3S/c1-15-21(31-16(2)23-15)22(29)24-17-10-11-26(14-17)19-8-9-20(28)27(25-19)12-13-30-18-6-4-3-5-7-18/h3-9,17H,10-14H2,1-2H3,(H,24,29). The van der Waals surface area contributed by atoms with Crippen molar-refractivity contribution in [3.63, 3.8) is 0 Å². The summed E-state index contributed by atoms with van der Waals surface area (Å²) >= 11 is 1.41. The van der Waals surface area contributed by atoms with Gasteiger partial charge in [-0.05, 0) is 38.5 Å². The highest BCUT2D eigenvalue weighted by atomic mass is 32.1. The Hall–Kier alpha value is -3.20. The zero-order valence-electron chi connectivity index (χ0n) is 17.6. The summed E-state index contributed by atoms with van der Waals surface area (Å²) in [7, 11) is 0. The molecule has 0 saturated carbocycles. The van der Waals surface area contributed by atoms with Crippen LogP contribution in [0.5, 0.6) is 5.75 Å². The molecule has 3 heterocycles. The maximum Gasteiger partial charge on any atom is 0.266 e. The number of nitrogens with zero attached hydrogens (tertiary/aromatic N) is 4. The second kappa shape index (κ2) is 9.30. The van der Waals surface area contributed by atoms with Gasteiger partial charge in [0.25, 0.3) is 11.5 Å². The number of rotatable bonds is 7. The van der Waals surface area contributed by atoms with E-state index in [0.717, 1.165) is 35.2 Å². The predicted molar refractivity (Wildman–Crippen MR) is 120 cm³/mol. The average Bonchev–Trinajstić information content (AvgIpc) is 3.36. The van der Waals surface area contributed by atoms with Crippen molar-refractivity contribution in [2.24, 2.45) is 0 Å². The van der Waals surface area contributed by atoms with Crippen LogP contribution in [0.4, 0.5) is 5.82 Å². The highest BCUT2D eigenvalue weighted by Crippen LogP contribution is 2.20. The molecule has 1 aliphatic rings. The van der Waals surface area contributed by atoms with Crippen LogP contribution in [0.2, 0.25) is 0 Å². The summed E-state index contributed by atoms with van der Waals surface area (Å²) in [4.78, 5) is 31.9. The Labute approximate surface area is 184 Å². The van der Waals surface area contributed by atoms with Crippen LogP contribution in [-0.2, 0) is 6.54 Å². The number of benzene rings is 1. The van der Waals surface area contributed by atoms with Gasteiger partial charge in [-0.3, -0.25) is 9.59 Å². The number of ether oxygens (including phenoxy) is 1. The van der Waals surface area contributed by atoms with Crippen LogP contribution >= 0.6 is 11.3 Å². The second-order valence-corrected chi connectivity index (χ2v) is 8.67. The smallest absolute Gasteiger partial charge is 0.266 e. The van der Waals surface area contributed by atoms with Crippen LogP contribution in [0, 0.1) is 13.8 Å². The van der Waals surface area contributed by atoms with E-state index in [1.807, 2.05) is 44.2 Å². The van der Waals surface area contributed by atoms with Gasteiger partial charge in [0.1, 0.15) is 23.1 Å². The van der Waals surface area contributed by atoms with Crippen molar-refractivity contribution in [3.05, 3.63) is 68.4 Å². The predicted octanol–water partition coefficient (Wildman–Crippen LogP) is 2.40. The summed E-state index contributed by atoms with van der Waals surface area (Å²) in [6.07, 6.45) is 0.820. The van der Waals surface area contributed by atoms with Crippen LogP contribution in [-0.4, -0.2) is 46.4 Å². The van der Waals surface area contributed by atoms with Crippen molar-refractivity contribution in [1.29, 1.82) is 0 Å². The van der Waals surface area contributed by atoms with Crippen molar-refractivity contribution in [2.45, 2.75) is 32.9 Å². The molecule has 1 aliphatic heterocycles. The third kappa shape index (κ3) is 5.11. The molecule has 162 valence electrons. The molecule has 9 heteroatoms. The number of hydrogen-bond acceptors (Lipinski definition) is 7. The normalized spacial score (nSPS) is 15.8. The molecule has 3 aromatic rings. The van der Waals surface area contributed by atoms with Crippen LogP contribution in [0.1, 0.15) is 26.8 Å². The molecule has 4 rings (SSSR count). The lowest BCUT2D eigenvalue weighted by molar-refractivity contribution is 0.0943. The Morgan fingerprint density at radius 1 is 1.23 bits per heavy atom. The third-order valence-electron chi connectivity index (χ3n) is 5.12. The third-order valence-corrected chi connectivity index (χ3v) is 6.20. The molecule has 1 amide bonds. The number of aryl methyl sites for hydroxylation is 2. The summed E-state index contributed by atoms with van der Waals surface area (Å²) < 4.78 is 7.10. The van der Waals surface area contributed by atoms with E-state index in [1.165, 1.54) is 22.1 Å². The Bertz CT molecular complexity index is 1110. The molecule has 31 heavy (non-hydrogen) atoms. The van der Waals surface area contributed by atoms with E-state index in [2.05, 4.69) is 20.3 Å². The number of anilines is 1. The number of amides is 1. The van der Waals surface area contributed by atoms with Crippen LogP contribution in [0.25, 0.3) is 0 Å². The van der Waals surface area contributed by atoms with E-state index in [9.17, 15) is 9.59 Å². The highest BCUT2D eigenvalue weighted by molar-refractivity contribution is 7.13. The zero-order valence-corrected chi connectivity index (χ0v) is 18.4. The molecule has 0 aliphatic carbocycles. The number of para-hydroxylation sites is 1. The molecule has 1 unspecified atom stereocenters. The fourth-order valence-corrected chi connectivity index (χ4v) is 4.44. The molecule has 1 fully saturated rings. The SMILES string of the molecule is Cc1nc(C)c(C(=O)NC2CCN(c3ccc(=O)n(CCOc4ccccc4)n3)C2)s1. The van der Waals surface area contributed by atoms with Crippen LogP contribution in [0.3, 0.4) is 0 Å². The van der Waals surface area contributed by atoms with Gasteiger partial charge in [0.15, 0.2) is 0 Å². The summed E-state index contributed by atoms with van der Waals surface area (Å²) in [5, 5.41) is 8.49. The van der Waals surface area contributed by atoms with Crippen molar-refractivity contribution >= 4 is 23.1 Å². The van der Waals surface area contributed by atoms with Gasteiger partial charge in [0, 0.05) is 25.2 Å². The lowest BCUT2D eigenvalue weighted by atomic mass is 10.2. The van der Waals surface area contributed by atoms with Crippen molar-refractivity contribution in [1.82, 2.24) is 20.1 Å². The monoisotopic (exact) mass is 439 g/mol. The summed E-state index contributed by atoms with van der Waals surface area (Å²) in [5.74, 6) is 1.41. The average molecular weight is 440 g/mol. The maximum atomic E-state index is 12.6. The summed E-state index contributed by atoms with van der Waals surface area (Å²) in [5.41, 5.74) is 0.599. The molecule has 0 bridgehead atoms. The van der Waals surface area contributed by atoms with Gasteiger partial charge < -0.3 is 15.0 Å². The molecule has 8 nitrogen and oxygen atoms in total. The molecular weight excluding hydrogens is 414 g/mol. The minimum absolute atomic E-state index is 0.0258. The molecular formula is C22H25N5O3S. The van der Waals surface area contributed by atoms with Crippen molar-refractivity contribution in [2.75, 3.05) is 24.6 Å².